The second kappa shape index (κ2) is 8.17. The first-order chi connectivity index (χ1) is 10.5. The molecule has 1 aliphatic rings. The van der Waals surface area contributed by atoms with Gasteiger partial charge in [0, 0.05) is 11.7 Å². The van der Waals surface area contributed by atoms with Gasteiger partial charge in [-0.05, 0) is 44.0 Å². The summed E-state index contributed by atoms with van der Waals surface area (Å²) in [6, 6.07) is 5.90. The Hall–Kier alpha value is -1.56. The topological polar surface area (TPSA) is 58.2 Å². The minimum atomic E-state index is -0.343. The van der Waals surface area contributed by atoms with Crippen molar-refractivity contribution in [2.45, 2.75) is 43.9 Å². The highest BCUT2D eigenvalue weighted by atomic mass is 32.2. The first-order valence-electron chi connectivity index (χ1n) is 7.52. The summed E-state index contributed by atoms with van der Waals surface area (Å²) in [5.74, 6) is -0.357. The number of amides is 2. The van der Waals surface area contributed by atoms with Crippen LogP contribution in [0.4, 0.5) is 10.1 Å². The van der Waals surface area contributed by atoms with Crippen LogP contribution in [0.1, 0.15) is 32.6 Å². The van der Waals surface area contributed by atoms with Crippen molar-refractivity contribution in [1.82, 2.24) is 5.32 Å². The van der Waals surface area contributed by atoms with Crippen molar-refractivity contribution >= 4 is 29.3 Å². The Morgan fingerprint density at radius 2 is 1.91 bits per heavy atom. The molecule has 0 spiro atoms. The summed E-state index contributed by atoms with van der Waals surface area (Å²) in [6.07, 6.45) is 4.45. The van der Waals surface area contributed by atoms with Crippen LogP contribution >= 0.6 is 11.8 Å². The van der Waals surface area contributed by atoms with E-state index >= 15 is 0 Å². The van der Waals surface area contributed by atoms with E-state index in [-0.39, 0.29) is 28.6 Å². The van der Waals surface area contributed by atoms with Gasteiger partial charge in [-0.15, -0.1) is 11.8 Å². The molecule has 0 heterocycles. The SMILES string of the molecule is C[C@H](SCC(=O)Nc1ccc(F)cc1)C(=O)NC1CCCC1. The van der Waals surface area contributed by atoms with Crippen LogP contribution in [-0.4, -0.2) is 28.9 Å². The molecule has 0 bridgehead atoms. The molecule has 2 amide bonds. The van der Waals surface area contributed by atoms with Gasteiger partial charge in [0.05, 0.1) is 11.0 Å². The van der Waals surface area contributed by atoms with Crippen molar-refractivity contribution in [2.75, 3.05) is 11.1 Å². The third kappa shape index (κ3) is 5.33. The van der Waals surface area contributed by atoms with Crippen LogP contribution in [0.2, 0.25) is 0 Å². The Kier molecular flexibility index (Phi) is 6.24. The van der Waals surface area contributed by atoms with Crippen molar-refractivity contribution in [3.8, 4) is 0 Å². The van der Waals surface area contributed by atoms with E-state index < -0.39 is 0 Å². The Labute approximate surface area is 134 Å². The molecule has 4 nitrogen and oxygen atoms in total. The molecule has 120 valence electrons. The van der Waals surface area contributed by atoms with Crippen LogP contribution in [0.5, 0.6) is 0 Å². The first-order valence-corrected chi connectivity index (χ1v) is 8.57. The average molecular weight is 324 g/mol. The van der Waals surface area contributed by atoms with Gasteiger partial charge in [-0.1, -0.05) is 12.8 Å². The van der Waals surface area contributed by atoms with Gasteiger partial charge in [0.25, 0.3) is 0 Å². The minimum absolute atomic E-state index is 0.00789. The lowest BCUT2D eigenvalue weighted by Gasteiger charge is -2.16. The molecule has 1 aliphatic carbocycles. The summed E-state index contributed by atoms with van der Waals surface area (Å²) in [5.41, 5.74) is 0.551. The van der Waals surface area contributed by atoms with Crippen LogP contribution in [0.15, 0.2) is 24.3 Å². The molecule has 1 aromatic carbocycles. The fraction of sp³-hybridized carbons (Fsp3) is 0.500. The van der Waals surface area contributed by atoms with Crippen molar-refractivity contribution in [3.63, 3.8) is 0 Å². The molecule has 0 aliphatic heterocycles. The number of benzene rings is 1. The monoisotopic (exact) mass is 324 g/mol. The Morgan fingerprint density at radius 3 is 2.55 bits per heavy atom. The second-order valence-corrected chi connectivity index (χ2v) is 6.83. The van der Waals surface area contributed by atoms with E-state index in [1.807, 2.05) is 0 Å². The van der Waals surface area contributed by atoms with Gasteiger partial charge in [0.15, 0.2) is 0 Å². The highest BCUT2D eigenvalue weighted by Crippen LogP contribution is 2.19. The number of hydrogen-bond donors (Lipinski definition) is 2. The van der Waals surface area contributed by atoms with E-state index in [0.29, 0.717) is 11.7 Å². The summed E-state index contributed by atoms with van der Waals surface area (Å²) >= 11 is 1.30. The highest BCUT2D eigenvalue weighted by molar-refractivity contribution is 8.01. The molecule has 6 heteroatoms. The Balaban J connectivity index is 1.70. The van der Waals surface area contributed by atoms with Crippen molar-refractivity contribution < 1.29 is 14.0 Å². The normalized spacial score (nSPS) is 16.3. The van der Waals surface area contributed by atoms with Gasteiger partial charge in [-0.2, -0.15) is 0 Å². The summed E-state index contributed by atoms with van der Waals surface area (Å²) in [6.45, 7) is 1.81. The summed E-state index contributed by atoms with van der Waals surface area (Å²) in [7, 11) is 0. The zero-order valence-corrected chi connectivity index (χ0v) is 13.4. The van der Waals surface area contributed by atoms with Crippen LogP contribution in [0.3, 0.4) is 0 Å². The molecule has 1 aromatic rings. The zero-order valence-electron chi connectivity index (χ0n) is 12.6. The smallest absolute Gasteiger partial charge is 0.234 e. The molecule has 0 aromatic heterocycles. The molecule has 2 N–H and O–H groups in total. The van der Waals surface area contributed by atoms with Gasteiger partial charge in [0.2, 0.25) is 11.8 Å². The third-order valence-corrected chi connectivity index (χ3v) is 4.81. The van der Waals surface area contributed by atoms with Gasteiger partial charge in [-0.3, -0.25) is 9.59 Å². The van der Waals surface area contributed by atoms with Crippen LogP contribution in [0, 0.1) is 5.82 Å². The van der Waals surface area contributed by atoms with Gasteiger partial charge in [-0.25, -0.2) is 4.39 Å². The quantitative estimate of drug-likeness (QED) is 0.846. The number of hydrogen-bond acceptors (Lipinski definition) is 3. The predicted octanol–water partition coefficient (Wildman–Crippen LogP) is 2.94. The molecule has 0 saturated heterocycles. The number of nitrogens with one attached hydrogen (secondary N) is 2. The van der Waals surface area contributed by atoms with E-state index in [1.165, 1.54) is 48.9 Å². The molecule has 0 radical (unpaired) electrons. The minimum Gasteiger partial charge on any atom is -0.352 e. The largest absolute Gasteiger partial charge is 0.352 e. The molecule has 1 atom stereocenters. The maximum atomic E-state index is 12.8. The zero-order chi connectivity index (χ0) is 15.9. The Bertz CT molecular complexity index is 515. The lowest BCUT2D eigenvalue weighted by Crippen LogP contribution is -2.38. The van der Waals surface area contributed by atoms with E-state index in [2.05, 4.69) is 10.6 Å². The van der Waals surface area contributed by atoms with E-state index in [9.17, 15) is 14.0 Å². The van der Waals surface area contributed by atoms with Crippen molar-refractivity contribution in [1.29, 1.82) is 0 Å². The molecule has 2 rings (SSSR count). The van der Waals surface area contributed by atoms with Gasteiger partial charge in [0.1, 0.15) is 5.82 Å². The van der Waals surface area contributed by atoms with Gasteiger partial charge < -0.3 is 10.6 Å². The summed E-state index contributed by atoms with van der Waals surface area (Å²) in [4.78, 5) is 23.8. The molecular weight excluding hydrogens is 303 g/mol. The second-order valence-electron chi connectivity index (χ2n) is 5.50. The molecule has 1 saturated carbocycles. The number of thioether (sulfide) groups is 1. The van der Waals surface area contributed by atoms with Crippen molar-refractivity contribution in [2.24, 2.45) is 0 Å². The lowest BCUT2D eigenvalue weighted by atomic mass is 10.2. The fourth-order valence-corrected chi connectivity index (χ4v) is 3.09. The highest BCUT2D eigenvalue weighted by Gasteiger charge is 2.21. The summed E-state index contributed by atoms with van der Waals surface area (Å²) in [5, 5.41) is 5.44. The van der Waals surface area contributed by atoms with E-state index in [1.54, 1.807) is 6.92 Å². The number of rotatable bonds is 6. The standard InChI is InChI=1S/C16H21FN2O2S/c1-11(16(21)19-13-4-2-3-5-13)22-10-15(20)18-14-8-6-12(17)7-9-14/h6-9,11,13H,2-5,10H2,1H3,(H,18,20)(H,19,21)/t11-/m0/s1. The first kappa shape index (κ1) is 16.8. The van der Waals surface area contributed by atoms with E-state index in [0.717, 1.165) is 12.8 Å². The van der Waals surface area contributed by atoms with Crippen molar-refractivity contribution in [3.05, 3.63) is 30.1 Å². The maximum Gasteiger partial charge on any atom is 0.234 e. The van der Waals surface area contributed by atoms with Crippen LogP contribution < -0.4 is 10.6 Å². The van der Waals surface area contributed by atoms with Crippen LogP contribution in [-0.2, 0) is 9.59 Å². The van der Waals surface area contributed by atoms with E-state index in [4.69, 9.17) is 0 Å². The number of carbonyl (C=O) groups excluding carboxylic acids is 2. The fourth-order valence-electron chi connectivity index (χ4n) is 2.40. The number of anilines is 1. The molecule has 0 unspecified atom stereocenters. The summed E-state index contributed by atoms with van der Waals surface area (Å²) < 4.78 is 12.8. The molecular formula is C16H21FN2O2S. The predicted molar refractivity (Wildman–Crippen MR) is 87.3 cm³/mol. The molecule has 22 heavy (non-hydrogen) atoms. The maximum absolute atomic E-state index is 12.8. The molecule has 1 fully saturated rings. The van der Waals surface area contributed by atoms with Crippen LogP contribution in [0.25, 0.3) is 0 Å². The number of carbonyl (C=O) groups is 2. The van der Waals surface area contributed by atoms with Gasteiger partial charge >= 0.3 is 0 Å². The third-order valence-electron chi connectivity index (χ3n) is 3.66. The average Bonchev–Trinajstić information content (AvgIpc) is 3.00. The Morgan fingerprint density at radius 1 is 1.27 bits per heavy atom. The number of halogens is 1. The lowest BCUT2D eigenvalue weighted by molar-refractivity contribution is -0.120.